The van der Waals surface area contributed by atoms with E-state index in [0.717, 1.165) is 23.2 Å². The zero-order valence-electron chi connectivity index (χ0n) is 8.82. The molecular formula is C13H17BrO. The largest absolute Gasteiger partial charge is 0.393 e. The van der Waals surface area contributed by atoms with E-state index in [-0.39, 0.29) is 6.10 Å². The van der Waals surface area contributed by atoms with Crippen LogP contribution in [0.25, 0.3) is 0 Å². The molecule has 1 atom stereocenters. The molecule has 1 nitrogen and oxygen atoms in total. The molecule has 1 aliphatic rings. The predicted molar refractivity (Wildman–Crippen MR) is 65.8 cm³/mol. The van der Waals surface area contributed by atoms with Crippen LogP contribution in [-0.2, 0) is 6.42 Å². The summed E-state index contributed by atoms with van der Waals surface area (Å²) in [6.45, 7) is 0. The molecule has 0 aliphatic heterocycles. The zero-order valence-corrected chi connectivity index (χ0v) is 10.4. The van der Waals surface area contributed by atoms with Crippen molar-refractivity contribution in [3.8, 4) is 0 Å². The predicted octanol–water partition coefficient (Wildman–Crippen LogP) is 3.54. The maximum Gasteiger partial charge on any atom is 0.0581 e. The molecule has 1 saturated carbocycles. The summed E-state index contributed by atoms with van der Waals surface area (Å²) in [5, 5.41) is 9.88. The number of benzene rings is 1. The van der Waals surface area contributed by atoms with Gasteiger partial charge in [-0.15, -0.1) is 0 Å². The number of rotatable bonds is 5. The summed E-state index contributed by atoms with van der Waals surface area (Å²) >= 11 is 3.51. The van der Waals surface area contributed by atoms with E-state index in [0.29, 0.717) is 0 Å². The van der Waals surface area contributed by atoms with Crippen molar-refractivity contribution in [3.63, 3.8) is 0 Å². The summed E-state index contributed by atoms with van der Waals surface area (Å²) in [5.74, 6) is 0.916. The average Bonchev–Trinajstić information content (AvgIpc) is 3.02. The maximum absolute atomic E-state index is 9.88. The Hall–Kier alpha value is -0.340. The molecule has 1 aliphatic carbocycles. The SMILES string of the molecule is OC(CCC1CC1)Cc1ccccc1Br. The lowest BCUT2D eigenvalue weighted by Gasteiger charge is -2.11. The molecule has 0 spiro atoms. The summed E-state index contributed by atoms with van der Waals surface area (Å²) in [6, 6.07) is 8.13. The second kappa shape index (κ2) is 5.13. The molecule has 0 bridgehead atoms. The van der Waals surface area contributed by atoms with Gasteiger partial charge in [-0.3, -0.25) is 0 Å². The number of hydrogen-bond donors (Lipinski definition) is 1. The van der Waals surface area contributed by atoms with Gasteiger partial charge in [-0.05, 0) is 36.8 Å². The first-order valence-corrected chi connectivity index (χ1v) is 6.46. The fourth-order valence-electron chi connectivity index (χ4n) is 1.85. The standard InChI is InChI=1S/C13H17BrO/c14-13-4-2-1-3-11(13)9-12(15)8-7-10-5-6-10/h1-4,10,12,15H,5-9H2. The van der Waals surface area contributed by atoms with Gasteiger partial charge in [0.25, 0.3) is 0 Å². The molecule has 0 heterocycles. The Bertz CT molecular complexity index is 320. The Labute approximate surface area is 99.6 Å². The maximum atomic E-state index is 9.88. The lowest BCUT2D eigenvalue weighted by Crippen LogP contribution is -2.10. The topological polar surface area (TPSA) is 20.2 Å². The van der Waals surface area contributed by atoms with Crippen molar-refractivity contribution >= 4 is 15.9 Å². The van der Waals surface area contributed by atoms with Crippen molar-refractivity contribution in [2.75, 3.05) is 0 Å². The van der Waals surface area contributed by atoms with Crippen molar-refractivity contribution < 1.29 is 5.11 Å². The fourth-order valence-corrected chi connectivity index (χ4v) is 2.30. The van der Waals surface area contributed by atoms with Crippen LogP contribution >= 0.6 is 15.9 Å². The Morgan fingerprint density at radius 1 is 1.33 bits per heavy atom. The van der Waals surface area contributed by atoms with Gasteiger partial charge in [0.2, 0.25) is 0 Å². The van der Waals surface area contributed by atoms with Crippen LogP contribution in [0.3, 0.4) is 0 Å². The monoisotopic (exact) mass is 268 g/mol. The van der Waals surface area contributed by atoms with Crippen molar-refractivity contribution in [1.29, 1.82) is 0 Å². The van der Waals surface area contributed by atoms with Crippen LogP contribution < -0.4 is 0 Å². The van der Waals surface area contributed by atoms with Gasteiger partial charge in [0.15, 0.2) is 0 Å². The van der Waals surface area contributed by atoms with Gasteiger partial charge in [0.05, 0.1) is 6.10 Å². The van der Waals surface area contributed by atoms with Crippen molar-refractivity contribution in [2.45, 2.75) is 38.2 Å². The highest BCUT2D eigenvalue weighted by atomic mass is 79.9. The van der Waals surface area contributed by atoms with Crippen molar-refractivity contribution in [3.05, 3.63) is 34.3 Å². The molecule has 1 aromatic carbocycles. The van der Waals surface area contributed by atoms with Crippen molar-refractivity contribution in [2.24, 2.45) is 5.92 Å². The minimum Gasteiger partial charge on any atom is -0.393 e. The molecular weight excluding hydrogens is 252 g/mol. The number of aliphatic hydroxyl groups is 1. The third kappa shape index (κ3) is 3.62. The highest BCUT2D eigenvalue weighted by Crippen LogP contribution is 2.34. The average molecular weight is 269 g/mol. The molecule has 1 N–H and O–H groups in total. The highest BCUT2D eigenvalue weighted by Gasteiger charge is 2.22. The smallest absolute Gasteiger partial charge is 0.0581 e. The molecule has 1 unspecified atom stereocenters. The molecule has 15 heavy (non-hydrogen) atoms. The first kappa shape index (κ1) is 11.2. The van der Waals surface area contributed by atoms with E-state index in [1.165, 1.54) is 24.8 Å². The van der Waals surface area contributed by atoms with Gasteiger partial charge < -0.3 is 5.11 Å². The lowest BCUT2D eigenvalue weighted by molar-refractivity contribution is 0.159. The number of aliphatic hydroxyl groups excluding tert-OH is 1. The van der Waals surface area contributed by atoms with Gasteiger partial charge in [-0.25, -0.2) is 0 Å². The molecule has 0 aromatic heterocycles. The molecule has 0 amide bonds. The van der Waals surface area contributed by atoms with Crippen LogP contribution in [0.2, 0.25) is 0 Å². The Morgan fingerprint density at radius 2 is 2.07 bits per heavy atom. The summed E-state index contributed by atoms with van der Waals surface area (Å²) in [7, 11) is 0. The van der Waals surface area contributed by atoms with E-state index in [1.807, 2.05) is 18.2 Å². The van der Waals surface area contributed by atoms with Gasteiger partial charge in [0.1, 0.15) is 0 Å². The highest BCUT2D eigenvalue weighted by molar-refractivity contribution is 9.10. The Morgan fingerprint density at radius 3 is 2.73 bits per heavy atom. The van der Waals surface area contributed by atoms with Crippen LogP contribution in [0.5, 0.6) is 0 Å². The van der Waals surface area contributed by atoms with Gasteiger partial charge in [0, 0.05) is 4.47 Å². The minimum absolute atomic E-state index is 0.177. The Balaban J connectivity index is 1.81. The molecule has 82 valence electrons. The first-order valence-electron chi connectivity index (χ1n) is 5.67. The molecule has 1 fully saturated rings. The molecule has 0 radical (unpaired) electrons. The molecule has 2 heteroatoms. The van der Waals surface area contributed by atoms with E-state index >= 15 is 0 Å². The van der Waals surface area contributed by atoms with Gasteiger partial charge in [-0.2, -0.15) is 0 Å². The minimum atomic E-state index is -0.177. The van der Waals surface area contributed by atoms with Crippen LogP contribution in [0.15, 0.2) is 28.7 Å². The Kier molecular flexibility index (Phi) is 3.81. The number of hydrogen-bond acceptors (Lipinski definition) is 1. The summed E-state index contributed by atoms with van der Waals surface area (Å²) in [5.41, 5.74) is 1.21. The first-order chi connectivity index (χ1) is 7.25. The van der Waals surface area contributed by atoms with Crippen LogP contribution in [0.1, 0.15) is 31.2 Å². The zero-order chi connectivity index (χ0) is 10.7. The normalized spacial score (nSPS) is 17.7. The van der Waals surface area contributed by atoms with Gasteiger partial charge in [-0.1, -0.05) is 47.0 Å². The van der Waals surface area contributed by atoms with Crippen LogP contribution in [0, 0.1) is 5.92 Å². The van der Waals surface area contributed by atoms with E-state index in [9.17, 15) is 5.11 Å². The quantitative estimate of drug-likeness (QED) is 0.866. The summed E-state index contributed by atoms with van der Waals surface area (Å²) in [6.07, 6.45) is 5.50. The fraction of sp³-hybridized carbons (Fsp3) is 0.538. The summed E-state index contributed by atoms with van der Waals surface area (Å²) in [4.78, 5) is 0. The van der Waals surface area contributed by atoms with E-state index in [4.69, 9.17) is 0 Å². The third-order valence-electron chi connectivity index (χ3n) is 3.02. The third-order valence-corrected chi connectivity index (χ3v) is 3.79. The molecule has 1 aromatic rings. The van der Waals surface area contributed by atoms with E-state index < -0.39 is 0 Å². The molecule has 2 rings (SSSR count). The second-order valence-electron chi connectivity index (χ2n) is 4.47. The van der Waals surface area contributed by atoms with E-state index in [2.05, 4.69) is 22.0 Å². The van der Waals surface area contributed by atoms with E-state index in [1.54, 1.807) is 0 Å². The van der Waals surface area contributed by atoms with Gasteiger partial charge >= 0.3 is 0 Å². The number of halogens is 1. The summed E-state index contributed by atoms with van der Waals surface area (Å²) < 4.78 is 1.11. The second-order valence-corrected chi connectivity index (χ2v) is 5.32. The van der Waals surface area contributed by atoms with Crippen LogP contribution in [-0.4, -0.2) is 11.2 Å². The lowest BCUT2D eigenvalue weighted by atomic mass is 10.0. The molecule has 0 saturated heterocycles. The van der Waals surface area contributed by atoms with Crippen molar-refractivity contribution in [1.82, 2.24) is 0 Å². The van der Waals surface area contributed by atoms with Crippen LogP contribution in [0.4, 0.5) is 0 Å².